The Kier molecular flexibility index (Phi) is 3.67. The Morgan fingerprint density at radius 2 is 2.11 bits per heavy atom. The molecule has 2 nitrogen and oxygen atoms in total. The molecule has 1 N–H and O–H groups in total. The monoisotopic (exact) mass is 265 g/mol. The molecule has 2 rings (SSSR count). The fourth-order valence-electron chi connectivity index (χ4n) is 2.70. The lowest BCUT2D eigenvalue weighted by Crippen LogP contribution is -2.33. The van der Waals surface area contributed by atoms with Gasteiger partial charge in [-0.1, -0.05) is 25.4 Å². The minimum absolute atomic E-state index is 0.0108. The third-order valence-corrected chi connectivity index (χ3v) is 3.83. The number of hydrogen-bond acceptors (Lipinski definition) is 1. The number of benzene rings is 1. The van der Waals surface area contributed by atoms with Crippen molar-refractivity contribution in [3.8, 4) is 0 Å². The molecule has 18 heavy (non-hydrogen) atoms. The maximum atomic E-state index is 12.1. The summed E-state index contributed by atoms with van der Waals surface area (Å²) < 4.78 is 0. The second kappa shape index (κ2) is 4.93. The van der Waals surface area contributed by atoms with Crippen molar-refractivity contribution in [3.63, 3.8) is 0 Å². The van der Waals surface area contributed by atoms with Gasteiger partial charge >= 0.3 is 0 Å². The van der Waals surface area contributed by atoms with Crippen LogP contribution in [-0.2, 0) is 0 Å². The van der Waals surface area contributed by atoms with Gasteiger partial charge in [0.05, 0.1) is 0 Å². The fraction of sp³-hybridized carbons (Fsp3) is 0.533. The number of halogens is 1. The standard InChI is InChI=1S/C15H20ClNO/c1-10-6-11(8-12(16)7-10)14(18)17-13-4-5-15(2,3)9-13/h6-8,13H,4-5,9H2,1-3H3,(H,17,18). The van der Waals surface area contributed by atoms with Crippen molar-refractivity contribution < 1.29 is 4.79 Å². The van der Waals surface area contributed by atoms with Gasteiger partial charge in [-0.2, -0.15) is 0 Å². The second-order valence-electron chi connectivity index (χ2n) is 6.09. The second-order valence-corrected chi connectivity index (χ2v) is 6.53. The van der Waals surface area contributed by atoms with E-state index >= 15 is 0 Å². The first-order valence-electron chi connectivity index (χ1n) is 6.44. The highest BCUT2D eigenvalue weighted by atomic mass is 35.5. The Hall–Kier alpha value is -1.02. The van der Waals surface area contributed by atoms with E-state index in [0.717, 1.165) is 18.4 Å². The Morgan fingerprint density at radius 1 is 1.39 bits per heavy atom. The van der Waals surface area contributed by atoms with E-state index in [1.165, 1.54) is 6.42 Å². The van der Waals surface area contributed by atoms with Gasteiger partial charge in [0.1, 0.15) is 0 Å². The molecule has 1 unspecified atom stereocenters. The van der Waals surface area contributed by atoms with Crippen LogP contribution in [0.4, 0.5) is 0 Å². The predicted molar refractivity (Wildman–Crippen MR) is 75.1 cm³/mol. The molecule has 0 aromatic heterocycles. The molecule has 1 aromatic rings. The van der Waals surface area contributed by atoms with Gasteiger partial charge < -0.3 is 5.32 Å². The predicted octanol–water partition coefficient (Wildman–Crippen LogP) is 3.96. The van der Waals surface area contributed by atoms with Crippen molar-refractivity contribution in [3.05, 3.63) is 34.3 Å². The highest BCUT2D eigenvalue weighted by molar-refractivity contribution is 6.31. The summed E-state index contributed by atoms with van der Waals surface area (Å²) in [7, 11) is 0. The van der Waals surface area contributed by atoms with E-state index < -0.39 is 0 Å². The molecular formula is C15H20ClNO. The molecular weight excluding hydrogens is 246 g/mol. The van der Waals surface area contributed by atoms with Gasteiger partial charge in [0, 0.05) is 16.6 Å². The molecule has 1 aliphatic rings. The minimum Gasteiger partial charge on any atom is -0.349 e. The van der Waals surface area contributed by atoms with Crippen LogP contribution < -0.4 is 5.32 Å². The maximum Gasteiger partial charge on any atom is 0.251 e. The summed E-state index contributed by atoms with van der Waals surface area (Å²) in [6, 6.07) is 5.76. The van der Waals surface area contributed by atoms with Crippen molar-refractivity contribution >= 4 is 17.5 Å². The molecule has 0 spiro atoms. The topological polar surface area (TPSA) is 29.1 Å². The van der Waals surface area contributed by atoms with E-state index in [4.69, 9.17) is 11.6 Å². The van der Waals surface area contributed by atoms with Gasteiger partial charge in [0.25, 0.3) is 5.91 Å². The van der Waals surface area contributed by atoms with Crippen molar-refractivity contribution in [2.75, 3.05) is 0 Å². The van der Waals surface area contributed by atoms with Gasteiger partial charge in [0.2, 0.25) is 0 Å². The number of rotatable bonds is 2. The van der Waals surface area contributed by atoms with Crippen LogP contribution in [0, 0.1) is 12.3 Å². The Balaban J connectivity index is 2.04. The van der Waals surface area contributed by atoms with E-state index in [2.05, 4.69) is 19.2 Å². The zero-order valence-electron chi connectivity index (χ0n) is 11.2. The third-order valence-electron chi connectivity index (χ3n) is 3.61. The Labute approximate surface area is 114 Å². The van der Waals surface area contributed by atoms with Gasteiger partial charge in [-0.25, -0.2) is 0 Å². The zero-order valence-corrected chi connectivity index (χ0v) is 12.0. The summed E-state index contributed by atoms with van der Waals surface area (Å²) in [6.07, 6.45) is 3.29. The summed E-state index contributed by atoms with van der Waals surface area (Å²) in [6.45, 7) is 6.45. The highest BCUT2D eigenvalue weighted by Crippen LogP contribution is 2.37. The molecule has 98 valence electrons. The molecule has 0 aliphatic heterocycles. The number of amides is 1. The van der Waals surface area contributed by atoms with Crippen molar-refractivity contribution in [2.24, 2.45) is 5.41 Å². The lowest BCUT2D eigenvalue weighted by molar-refractivity contribution is 0.0936. The van der Waals surface area contributed by atoms with Crippen LogP contribution in [0.2, 0.25) is 5.02 Å². The minimum atomic E-state index is -0.0108. The first kappa shape index (κ1) is 13.4. The van der Waals surface area contributed by atoms with Crippen molar-refractivity contribution in [2.45, 2.75) is 46.1 Å². The van der Waals surface area contributed by atoms with Crippen molar-refractivity contribution in [1.29, 1.82) is 0 Å². The smallest absolute Gasteiger partial charge is 0.251 e. The van der Waals surface area contributed by atoms with Crippen LogP contribution in [0.5, 0.6) is 0 Å². The van der Waals surface area contributed by atoms with E-state index in [-0.39, 0.29) is 5.91 Å². The third kappa shape index (κ3) is 3.26. The van der Waals surface area contributed by atoms with Crippen LogP contribution in [0.25, 0.3) is 0 Å². The zero-order chi connectivity index (χ0) is 13.3. The summed E-state index contributed by atoms with van der Waals surface area (Å²) in [5, 5.41) is 3.73. The first-order chi connectivity index (χ1) is 8.35. The molecule has 0 radical (unpaired) electrons. The molecule has 1 aromatic carbocycles. The average molecular weight is 266 g/mol. The van der Waals surface area contributed by atoms with Crippen LogP contribution in [0.3, 0.4) is 0 Å². The number of carbonyl (C=O) groups is 1. The van der Waals surface area contributed by atoms with Gasteiger partial charge in [-0.15, -0.1) is 0 Å². The van der Waals surface area contributed by atoms with Gasteiger partial charge in [-0.05, 0) is 55.4 Å². The molecule has 1 fully saturated rings. The number of hydrogen-bond donors (Lipinski definition) is 1. The summed E-state index contributed by atoms with van der Waals surface area (Å²) in [5.74, 6) is -0.0108. The molecule has 3 heteroatoms. The molecule has 1 atom stereocenters. The first-order valence-corrected chi connectivity index (χ1v) is 6.82. The van der Waals surface area contributed by atoms with E-state index in [1.807, 2.05) is 19.1 Å². The quantitative estimate of drug-likeness (QED) is 0.862. The highest BCUT2D eigenvalue weighted by Gasteiger charge is 2.31. The Bertz CT molecular complexity index is 447. The summed E-state index contributed by atoms with van der Waals surface area (Å²) >= 11 is 5.98. The molecule has 0 bridgehead atoms. The van der Waals surface area contributed by atoms with E-state index in [0.29, 0.717) is 22.0 Å². The van der Waals surface area contributed by atoms with Gasteiger partial charge in [0.15, 0.2) is 0 Å². The summed E-state index contributed by atoms with van der Waals surface area (Å²) in [4.78, 5) is 12.1. The fourth-order valence-corrected chi connectivity index (χ4v) is 2.99. The van der Waals surface area contributed by atoms with E-state index in [9.17, 15) is 4.79 Å². The molecule has 1 amide bonds. The van der Waals surface area contributed by atoms with Crippen molar-refractivity contribution in [1.82, 2.24) is 5.32 Å². The van der Waals surface area contributed by atoms with Crippen LogP contribution in [0.1, 0.15) is 49.0 Å². The largest absolute Gasteiger partial charge is 0.349 e. The van der Waals surface area contributed by atoms with Gasteiger partial charge in [-0.3, -0.25) is 4.79 Å². The lowest BCUT2D eigenvalue weighted by atomic mass is 9.92. The SMILES string of the molecule is Cc1cc(Cl)cc(C(=O)NC2CCC(C)(C)C2)c1. The molecule has 0 saturated heterocycles. The molecule has 1 saturated carbocycles. The lowest BCUT2D eigenvalue weighted by Gasteiger charge is -2.18. The normalized spacial score (nSPS) is 21.9. The summed E-state index contributed by atoms with van der Waals surface area (Å²) in [5.41, 5.74) is 2.02. The number of nitrogens with one attached hydrogen (secondary N) is 1. The number of aryl methyl sites for hydroxylation is 1. The number of carbonyl (C=O) groups excluding carboxylic acids is 1. The van der Waals surface area contributed by atoms with Crippen LogP contribution in [0.15, 0.2) is 18.2 Å². The maximum absolute atomic E-state index is 12.1. The molecule has 0 heterocycles. The Morgan fingerprint density at radius 3 is 2.67 bits per heavy atom. The average Bonchev–Trinajstić information content (AvgIpc) is 2.56. The molecule has 1 aliphatic carbocycles. The van der Waals surface area contributed by atoms with Crippen LogP contribution in [-0.4, -0.2) is 11.9 Å². The van der Waals surface area contributed by atoms with E-state index in [1.54, 1.807) is 6.07 Å². The van der Waals surface area contributed by atoms with Crippen LogP contribution >= 0.6 is 11.6 Å².